The molecule has 0 atom stereocenters. The molecule has 0 amide bonds. The van der Waals surface area contributed by atoms with Crippen LogP contribution in [0.1, 0.15) is 6.42 Å². The van der Waals surface area contributed by atoms with E-state index in [0.29, 0.717) is 12.4 Å². The molecule has 1 fully saturated rings. The second-order valence-electron chi connectivity index (χ2n) is 6.11. The van der Waals surface area contributed by atoms with Crippen LogP contribution < -0.4 is 15.0 Å². The Bertz CT molecular complexity index is 892. The number of carbonyl (C=O) groups excluding carboxylic acids is 1. The molecular weight excluding hydrogens is 320 g/mol. The summed E-state index contributed by atoms with van der Waals surface area (Å²) in [6.45, 7) is 4.06. The van der Waals surface area contributed by atoms with Gasteiger partial charge in [-0.15, -0.1) is 5.10 Å². The van der Waals surface area contributed by atoms with Crippen molar-refractivity contribution in [1.82, 2.24) is 24.7 Å². The summed E-state index contributed by atoms with van der Waals surface area (Å²) < 4.78 is 8.71. The van der Waals surface area contributed by atoms with Crippen molar-refractivity contribution >= 4 is 17.7 Å². The summed E-state index contributed by atoms with van der Waals surface area (Å²) in [4.78, 5) is 13.2. The Balaban J connectivity index is 1.80. The smallest absolute Gasteiger partial charge is 0.299 e. The molecule has 0 radical (unpaired) electrons. The van der Waals surface area contributed by atoms with Crippen molar-refractivity contribution in [3.63, 3.8) is 0 Å². The molecule has 0 bridgehead atoms. The number of carbonyl (C=O) groups is 1. The summed E-state index contributed by atoms with van der Waals surface area (Å²) in [6.07, 6.45) is 6.74. The van der Waals surface area contributed by atoms with Gasteiger partial charge in [0.15, 0.2) is 0 Å². The fourth-order valence-electron chi connectivity index (χ4n) is 3.25. The van der Waals surface area contributed by atoms with Crippen molar-refractivity contribution < 1.29 is 9.53 Å². The number of fused-ring (bicyclic) bond motifs is 1. The van der Waals surface area contributed by atoms with E-state index in [1.54, 1.807) is 9.20 Å². The topological polar surface area (TPSA) is 76.7 Å². The highest BCUT2D eigenvalue weighted by Gasteiger charge is 2.22. The average molecular weight is 340 g/mol. The molecule has 0 saturated carbocycles. The monoisotopic (exact) mass is 340 g/mol. The van der Waals surface area contributed by atoms with Crippen LogP contribution in [0.15, 0.2) is 30.7 Å². The third kappa shape index (κ3) is 2.96. The van der Waals surface area contributed by atoms with E-state index in [0.717, 1.165) is 54.9 Å². The van der Waals surface area contributed by atoms with Gasteiger partial charge in [-0.05, 0) is 19.0 Å². The van der Waals surface area contributed by atoms with E-state index in [2.05, 4.69) is 20.4 Å². The van der Waals surface area contributed by atoms with E-state index in [-0.39, 0.29) is 0 Å². The molecule has 3 aromatic rings. The van der Waals surface area contributed by atoms with Gasteiger partial charge in [-0.2, -0.15) is 5.10 Å². The first-order valence-electron chi connectivity index (χ1n) is 8.33. The molecule has 4 rings (SSSR count). The molecule has 8 nitrogen and oxygen atoms in total. The van der Waals surface area contributed by atoms with E-state index < -0.39 is 0 Å². The summed E-state index contributed by atoms with van der Waals surface area (Å²) in [5.41, 5.74) is 3.81. The predicted octanol–water partition coefficient (Wildman–Crippen LogP) is 1.07. The lowest BCUT2D eigenvalue weighted by Gasteiger charge is -2.21. The van der Waals surface area contributed by atoms with Gasteiger partial charge >= 0.3 is 0 Å². The van der Waals surface area contributed by atoms with Crippen LogP contribution >= 0.6 is 0 Å². The molecule has 1 N–H and O–H groups in total. The summed E-state index contributed by atoms with van der Waals surface area (Å²) in [7, 11) is 1.89. The third-order valence-corrected chi connectivity index (χ3v) is 4.43. The van der Waals surface area contributed by atoms with Gasteiger partial charge in [-0.1, -0.05) is 6.07 Å². The lowest BCUT2D eigenvalue weighted by atomic mass is 10.1. The van der Waals surface area contributed by atoms with Gasteiger partial charge in [0, 0.05) is 50.2 Å². The SMILES string of the molecule is Cn1cc(-c2ccc3c(N4CCCNCC4)c(OC=O)nn3c2)cn1. The number of nitrogens with zero attached hydrogens (tertiary/aromatic N) is 5. The molecule has 8 heteroatoms. The molecule has 0 aliphatic carbocycles. The van der Waals surface area contributed by atoms with Crippen LogP contribution in [0.4, 0.5) is 5.69 Å². The second-order valence-corrected chi connectivity index (χ2v) is 6.11. The van der Waals surface area contributed by atoms with Crippen LogP contribution in [0.25, 0.3) is 16.6 Å². The highest BCUT2D eigenvalue weighted by Crippen LogP contribution is 2.34. The number of anilines is 1. The van der Waals surface area contributed by atoms with Crippen molar-refractivity contribution in [3.05, 3.63) is 30.7 Å². The molecule has 0 unspecified atom stereocenters. The first kappa shape index (κ1) is 15.6. The Labute approximate surface area is 145 Å². The van der Waals surface area contributed by atoms with E-state index in [1.165, 1.54) is 0 Å². The number of ether oxygens (including phenoxy) is 1. The summed E-state index contributed by atoms with van der Waals surface area (Å²) in [6, 6.07) is 4.05. The molecule has 3 aromatic heterocycles. The quantitative estimate of drug-likeness (QED) is 0.716. The van der Waals surface area contributed by atoms with Crippen molar-refractivity contribution in [2.24, 2.45) is 7.05 Å². The fraction of sp³-hybridized carbons (Fsp3) is 0.353. The van der Waals surface area contributed by atoms with Gasteiger partial charge in [0.1, 0.15) is 5.69 Å². The van der Waals surface area contributed by atoms with Crippen molar-refractivity contribution in [2.75, 3.05) is 31.1 Å². The summed E-state index contributed by atoms with van der Waals surface area (Å²) in [5.74, 6) is 0.347. The van der Waals surface area contributed by atoms with Gasteiger partial charge in [-0.3, -0.25) is 9.48 Å². The number of hydrogen-bond acceptors (Lipinski definition) is 6. The van der Waals surface area contributed by atoms with Gasteiger partial charge in [0.2, 0.25) is 0 Å². The number of rotatable bonds is 4. The Morgan fingerprint density at radius 2 is 2.12 bits per heavy atom. The number of hydrogen-bond donors (Lipinski definition) is 1. The Hall–Kier alpha value is -2.87. The molecule has 1 saturated heterocycles. The fourth-order valence-corrected chi connectivity index (χ4v) is 3.25. The maximum atomic E-state index is 10.9. The Morgan fingerprint density at radius 3 is 2.92 bits per heavy atom. The van der Waals surface area contributed by atoms with Crippen molar-refractivity contribution in [3.8, 4) is 17.0 Å². The third-order valence-electron chi connectivity index (χ3n) is 4.43. The zero-order chi connectivity index (χ0) is 17.2. The van der Waals surface area contributed by atoms with E-state index >= 15 is 0 Å². The van der Waals surface area contributed by atoms with E-state index in [4.69, 9.17) is 4.74 Å². The highest BCUT2D eigenvalue weighted by atomic mass is 16.5. The van der Waals surface area contributed by atoms with Gasteiger partial charge in [-0.25, -0.2) is 4.52 Å². The van der Waals surface area contributed by atoms with Crippen LogP contribution in [0.3, 0.4) is 0 Å². The maximum absolute atomic E-state index is 10.9. The molecule has 0 aromatic carbocycles. The average Bonchev–Trinajstić information content (AvgIpc) is 3.08. The molecular formula is C17H20N6O2. The molecule has 1 aliphatic heterocycles. The lowest BCUT2D eigenvalue weighted by Crippen LogP contribution is -2.28. The second kappa shape index (κ2) is 6.56. The predicted molar refractivity (Wildman–Crippen MR) is 93.8 cm³/mol. The van der Waals surface area contributed by atoms with E-state index in [9.17, 15) is 4.79 Å². The standard InChI is InChI=1S/C17H20N6O2/c1-21-10-14(9-19-21)13-3-4-15-16(22-7-2-5-18-6-8-22)17(25-12-24)20-23(15)11-13/h3-4,9-12,18H,2,5-8H2,1H3. The van der Waals surface area contributed by atoms with Gasteiger partial charge in [0.25, 0.3) is 12.4 Å². The number of aromatic nitrogens is 4. The van der Waals surface area contributed by atoms with Crippen LogP contribution in [0.5, 0.6) is 5.88 Å². The highest BCUT2D eigenvalue weighted by molar-refractivity contribution is 5.81. The minimum Gasteiger partial charge on any atom is -0.406 e. The first-order valence-corrected chi connectivity index (χ1v) is 8.33. The molecule has 4 heterocycles. The summed E-state index contributed by atoms with van der Waals surface area (Å²) >= 11 is 0. The molecule has 25 heavy (non-hydrogen) atoms. The van der Waals surface area contributed by atoms with Gasteiger partial charge < -0.3 is 15.0 Å². The van der Waals surface area contributed by atoms with Crippen molar-refractivity contribution in [2.45, 2.75) is 6.42 Å². The molecule has 1 aliphatic rings. The number of pyridine rings is 1. The maximum Gasteiger partial charge on any atom is 0.299 e. The Kier molecular flexibility index (Phi) is 4.10. The minimum atomic E-state index is 0.347. The van der Waals surface area contributed by atoms with Crippen molar-refractivity contribution in [1.29, 1.82) is 0 Å². The van der Waals surface area contributed by atoms with Crippen LogP contribution in [0.2, 0.25) is 0 Å². The first-order chi connectivity index (χ1) is 12.3. The number of aryl methyl sites for hydroxylation is 1. The zero-order valence-electron chi connectivity index (χ0n) is 14.1. The van der Waals surface area contributed by atoms with E-state index in [1.807, 2.05) is 37.8 Å². The molecule has 0 spiro atoms. The largest absolute Gasteiger partial charge is 0.406 e. The zero-order valence-corrected chi connectivity index (χ0v) is 14.1. The normalized spacial score (nSPS) is 15.3. The lowest BCUT2D eigenvalue weighted by molar-refractivity contribution is -0.120. The van der Waals surface area contributed by atoms with Crippen LogP contribution in [-0.2, 0) is 11.8 Å². The van der Waals surface area contributed by atoms with Crippen LogP contribution in [0, 0.1) is 0 Å². The minimum absolute atomic E-state index is 0.347. The molecule has 130 valence electrons. The number of nitrogens with one attached hydrogen (secondary N) is 1. The Morgan fingerprint density at radius 1 is 1.20 bits per heavy atom. The van der Waals surface area contributed by atoms with Crippen LogP contribution in [-0.4, -0.2) is 52.0 Å². The van der Waals surface area contributed by atoms with Gasteiger partial charge in [0.05, 0.1) is 11.7 Å². The summed E-state index contributed by atoms with van der Waals surface area (Å²) in [5, 5.41) is 12.1.